The Morgan fingerprint density at radius 1 is 0.588 bits per heavy atom. The van der Waals surface area contributed by atoms with Crippen molar-refractivity contribution in [1.82, 2.24) is 5.32 Å². The molecule has 0 aromatic heterocycles. The summed E-state index contributed by atoms with van der Waals surface area (Å²) in [5, 5.41) is 23.5. The lowest BCUT2D eigenvalue weighted by atomic mass is 10.0. The average Bonchev–Trinajstić information content (AvgIpc) is 3.12. The summed E-state index contributed by atoms with van der Waals surface area (Å²) in [6.07, 6.45) is 43.5. The van der Waals surface area contributed by atoms with E-state index in [1.807, 2.05) is 0 Å². The fourth-order valence-corrected chi connectivity index (χ4v) is 6.49. The molecule has 1 amide bonds. The third kappa shape index (κ3) is 34.9. The molecule has 0 rings (SSSR count). The van der Waals surface area contributed by atoms with Gasteiger partial charge in [0, 0.05) is 6.42 Å². The molecular weight excluding hydrogens is 634 g/mol. The highest BCUT2D eigenvalue weighted by atomic mass is 16.5. The molecule has 0 fully saturated rings. The minimum absolute atomic E-state index is 0.0704. The van der Waals surface area contributed by atoms with Crippen molar-refractivity contribution in [2.24, 2.45) is 0 Å². The third-order valence-electron chi connectivity index (χ3n) is 9.79. The highest BCUT2D eigenvalue weighted by Crippen LogP contribution is 2.17. The number of rotatable bonds is 38. The van der Waals surface area contributed by atoms with Crippen LogP contribution in [0.2, 0.25) is 0 Å². The number of hydrogen-bond donors (Lipinski definition) is 3. The summed E-state index contributed by atoms with van der Waals surface area (Å²) in [6.45, 7) is 6.29. The first kappa shape index (κ1) is 49.1. The summed E-state index contributed by atoms with van der Waals surface area (Å²) in [4.78, 5) is 25.8. The van der Waals surface area contributed by atoms with Crippen LogP contribution in [-0.2, 0) is 14.3 Å². The lowest BCUT2D eigenvalue weighted by molar-refractivity contribution is -0.151. The van der Waals surface area contributed by atoms with Gasteiger partial charge in [0.25, 0.3) is 0 Å². The van der Waals surface area contributed by atoms with Gasteiger partial charge in [-0.05, 0) is 44.9 Å². The molecule has 3 atom stereocenters. The largest absolute Gasteiger partial charge is 0.462 e. The number of amides is 1. The van der Waals surface area contributed by atoms with E-state index in [0.29, 0.717) is 19.3 Å². The lowest BCUT2D eigenvalue weighted by Gasteiger charge is -2.24. The summed E-state index contributed by atoms with van der Waals surface area (Å²) < 4.78 is 5.85. The SMILES string of the molecule is CC/C=C/C=C/C=C\CCCCCCCC(=O)OC(CCCCCCCCC)CC(=O)NC(CO)C(O)CCCCCCCCCCCCCC. The van der Waals surface area contributed by atoms with Gasteiger partial charge in [0.05, 0.1) is 25.2 Å². The van der Waals surface area contributed by atoms with Gasteiger partial charge in [-0.3, -0.25) is 9.59 Å². The minimum atomic E-state index is -0.785. The van der Waals surface area contributed by atoms with E-state index in [1.54, 1.807) is 0 Å². The normalized spacial score (nSPS) is 13.7. The van der Waals surface area contributed by atoms with Gasteiger partial charge in [0.1, 0.15) is 6.10 Å². The summed E-state index contributed by atoms with van der Waals surface area (Å²) in [5.41, 5.74) is 0. The molecule has 0 aliphatic rings. The second-order valence-corrected chi connectivity index (χ2v) is 14.8. The van der Waals surface area contributed by atoms with Crippen LogP contribution in [0.1, 0.15) is 213 Å². The van der Waals surface area contributed by atoms with Crippen molar-refractivity contribution in [3.63, 3.8) is 0 Å². The zero-order valence-corrected chi connectivity index (χ0v) is 33.7. The maximum absolute atomic E-state index is 13.0. The third-order valence-corrected chi connectivity index (χ3v) is 9.79. The fraction of sp³-hybridized carbons (Fsp3) is 0.822. The maximum atomic E-state index is 13.0. The Balaban J connectivity index is 4.49. The molecule has 0 bridgehead atoms. The van der Waals surface area contributed by atoms with E-state index in [9.17, 15) is 19.8 Å². The maximum Gasteiger partial charge on any atom is 0.306 e. The number of carbonyl (C=O) groups excluding carboxylic acids is 2. The van der Waals surface area contributed by atoms with E-state index < -0.39 is 18.2 Å². The minimum Gasteiger partial charge on any atom is -0.462 e. The number of unbranched alkanes of at least 4 members (excludes halogenated alkanes) is 22. The first-order valence-electron chi connectivity index (χ1n) is 21.7. The highest BCUT2D eigenvalue weighted by Gasteiger charge is 2.24. The van der Waals surface area contributed by atoms with Crippen LogP contribution in [0.5, 0.6) is 0 Å². The van der Waals surface area contributed by atoms with Crippen LogP contribution in [0, 0.1) is 0 Å². The molecule has 0 aromatic rings. The Morgan fingerprint density at radius 3 is 1.59 bits per heavy atom. The highest BCUT2D eigenvalue weighted by molar-refractivity contribution is 5.77. The Bertz CT molecular complexity index is 854. The van der Waals surface area contributed by atoms with Crippen molar-refractivity contribution < 1.29 is 24.5 Å². The molecule has 298 valence electrons. The lowest BCUT2D eigenvalue weighted by Crippen LogP contribution is -2.46. The molecule has 3 unspecified atom stereocenters. The number of nitrogens with one attached hydrogen (secondary N) is 1. The monoisotopic (exact) mass is 718 g/mol. The number of ether oxygens (including phenoxy) is 1. The van der Waals surface area contributed by atoms with Gasteiger partial charge in [-0.2, -0.15) is 0 Å². The number of hydrogen-bond acceptors (Lipinski definition) is 5. The molecule has 0 saturated heterocycles. The average molecular weight is 718 g/mol. The molecule has 6 nitrogen and oxygen atoms in total. The van der Waals surface area contributed by atoms with E-state index >= 15 is 0 Å². The zero-order valence-electron chi connectivity index (χ0n) is 33.7. The van der Waals surface area contributed by atoms with Crippen molar-refractivity contribution in [2.45, 2.75) is 232 Å². The van der Waals surface area contributed by atoms with E-state index in [1.165, 1.54) is 83.5 Å². The quantitative estimate of drug-likeness (QED) is 0.0336. The summed E-state index contributed by atoms with van der Waals surface area (Å²) in [6, 6.07) is -0.699. The van der Waals surface area contributed by atoms with Crippen LogP contribution in [0.4, 0.5) is 0 Å². The van der Waals surface area contributed by atoms with Crippen molar-refractivity contribution in [2.75, 3.05) is 6.61 Å². The molecule has 0 aromatic carbocycles. The van der Waals surface area contributed by atoms with Gasteiger partial charge >= 0.3 is 5.97 Å². The number of esters is 1. The molecular formula is C45H83NO5. The molecule has 6 heteroatoms. The molecule has 0 saturated carbocycles. The molecule has 0 radical (unpaired) electrons. The molecule has 51 heavy (non-hydrogen) atoms. The summed E-state index contributed by atoms with van der Waals surface area (Å²) in [7, 11) is 0. The number of allylic oxidation sites excluding steroid dienone is 6. The fourth-order valence-electron chi connectivity index (χ4n) is 6.49. The smallest absolute Gasteiger partial charge is 0.306 e. The van der Waals surface area contributed by atoms with Crippen molar-refractivity contribution in [1.29, 1.82) is 0 Å². The van der Waals surface area contributed by atoms with Crippen molar-refractivity contribution in [3.8, 4) is 0 Å². The van der Waals surface area contributed by atoms with Crippen LogP contribution in [0.25, 0.3) is 0 Å². The van der Waals surface area contributed by atoms with Crippen LogP contribution in [0.15, 0.2) is 36.5 Å². The van der Waals surface area contributed by atoms with Crippen LogP contribution in [-0.4, -0.2) is 46.9 Å². The Labute approximate surface area is 315 Å². The molecule has 0 heterocycles. The molecule has 0 aliphatic carbocycles. The van der Waals surface area contributed by atoms with Gasteiger partial charge < -0.3 is 20.3 Å². The molecule has 0 spiro atoms. The Hall–Kier alpha value is -1.92. The van der Waals surface area contributed by atoms with E-state index in [-0.39, 0.29) is 24.9 Å². The number of aliphatic hydroxyl groups excluding tert-OH is 2. The number of aliphatic hydroxyl groups is 2. The van der Waals surface area contributed by atoms with Crippen LogP contribution in [0.3, 0.4) is 0 Å². The Kier molecular flexibility index (Phi) is 37.8. The number of carbonyl (C=O) groups is 2. The predicted molar refractivity (Wildman–Crippen MR) is 218 cm³/mol. The van der Waals surface area contributed by atoms with Gasteiger partial charge in [0.15, 0.2) is 0 Å². The molecule has 3 N–H and O–H groups in total. The summed E-state index contributed by atoms with van der Waals surface area (Å²) in [5.74, 6) is -0.501. The standard InChI is InChI=1S/C45H83NO5/c1-4-7-10-13-16-18-20-22-24-26-29-32-35-38-45(50)51-41(36-33-30-27-15-12-9-6-3)39-44(49)46-42(40-47)43(48)37-34-31-28-25-23-21-19-17-14-11-8-5-2/h7,10,13,16,18,20,41-43,47-48H,4-6,8-9,11-12,14-15,17,19,21-40H2,1-3H3,(H,46,49)/b10-7+,16-13+,20-18-. The van der Waals surface area contributed by atoms with E-state index in [4.69, 9.17) is 4.74 Å². The van der Waals surface area contributed by atoms with Gasteiger partial charge in [-0.25, -0.2) is 0 Å². The van der Waals surface area contributed by atoms with Crippen LogP contribution < -0.4 is 5.32 Å². The second-order valence-electron chi connectivity index (χ2n) is 14.8. The molecule has 0 aliphatic heterocycles. The van der Waals surface area contributed by atoms with E-state index in [2.05, 4.69) is 62.5 Å². The van der Waals surface area contributed by atoms with Crippen LogP contribution >= 0.6 is 0 Å². The summed E-state index contributed by atoms with van der Waals surface area (Å²) >= 11 is 0. The zero-order chi connectivity index (χ0) is 37.5. The van der Waals surface area contributed by atoms with Crippen molar-refractivity contribution >= 4 is 11.9 Å². The van der Waals surface area contributed by atoms with Gasteiger partial charge in [-0.15, -0.1) is 0 Å². The van der Waals surface area contributed by atoms with Crippen molar-refractivity contribution in [3.05, 3.63) is 36.5 Å². The first-order valence-corrected chi connectivity index (χ1v) is 21.7. The second kappa shape index (κ2) is 39.3. The first-order chi connectivity index (χ1) is 25.0. The Morgan fingerprint density at radius 2 is 1.06 bits per heavy atom. The van der Waals surface area contributed by atoms with E-state index in [0.717, 1.165) is 83.5 Å². The predicted octanol–water partition coefficient (Wildman–Crippen LogP) is 12.2. The topological polar surface area (TPSA) is 95.9 Å². The van der Waals surface area contributed by atoms with Gasteiger partial charge in [0.2, 0.25) is 5.91 Å². The van der Waals surface area contributed by atoms with Gasteiger partial charge in [-0.1, -0.05) is 192 Å².